The number of hydrogen-bond acceptors (Lipinski definition) is 6. The Morgan fingerprint density at radius 2 is 1.67 bits per heavy atom. The summed E-state index contributed by atoms with van der Waals surface area (Å²) in [5.74, 6) is -0.822. The molecule has 2 aromatic carbocycles. The summed E-state index contributed by atoms with van der Waals surface area (Å²) in [6.45, 7) is 4.72. The summed E-state index contributed by atoms with van der Waals surface area (Å²) in [4.78, 5) is 57.7. The molecule has 1 saturated heterocycles. The van der Waals surface area contributed by atoms with Crippen molar-refractivity contribution in [1.82, 2.24) is 14.4 Å². The molecule has 4 aromatic rings. The topological polar surface area (TPSA) is 91.7 Å². The second-order valence-corrected chi connectivity index (χ2v) is 14.1. The fraction of sp³-hybridized carbons (Fsp3) is 0.278. The number of benzene rings is 2. The van der Waals surface area contributed by atoms with Gasteiger partial charge in [0.2, 0.25) is 5.91 Å². The number of carbonyl (C=O) groups is 4. The Morgan fingerprint density at radius 3 is 2.48 bits per heavy atom. The van der Waals surface area contributed by atoms with Crippen LogP contribution in [0.25, 0.3) is 11.1 Å². The first-order chi connectivity index (χ1) is 22.3. The average Bonchev–Trinajstić information content (AvgIpc) is 3.66. The van der Waals surface area contributed by atoms with Crippen LogP contribution in [0.1, 0.15) is 61.7 Å². The van der Waals surface area contributed by atoms with E-state index in [4.69, 9.17) is 0 Å². The van der Waals surface area contributed by atoms with Gasteiger partial charge in [-0.25, -0.2) is 0 Å². The quantitative estimate of drug-likeness (QED) is 0.229. The van der Waals surface area contributed by atoms with Crippen LogP contribution in [0.15, 0.2) is 65.6 Å². The first-order valence-electron chi connectivity index (χ1n) is 15.6. The number of carbonyl (C=O) groups excluding carboxylic acids is 4. The lowest BCUT2D eigenvalue weighted by Crippen LogP contribution is -2.44. The molecule has 234 valence electrons. The molecular formula is C36H34N4O4S2. The Hall–Kier alpha value is -4.41. The van der Waals surface area contributed by atoms with Gasteiger partial charge in [-0.3, -0.25) is 24.1 Å². The molecule has 10 heteroatoms. The van der Waals surface area contributed by atoms with E-state index in [0.717, 1.165) is 87.5 Å². The van der Waals surface area contributed by atoms with Gasteiger partial charge < -0.3 is 14.8 Å². The normalized spacial score (nSPS) is 17.0. The van der Waals surface area contributed by atoms with E-state index >= 15 is 0 Å². The fourth-order valence-electron chi connectivity index (χ4n) is 6.63. The summed E-state index contributed by atoms with van der Waals surface area (Å²) in [6, 6.07) is 19.5. The third-order valence-electron chi connectivity index (χ3n) is 9.02. The van der Waals surface area contributed by atoms with Crippen LogP contribution in [0.4, 0.5) is 10.5 Å². The Labute approximate surface area is 276 Å². The molecule has 0 radical (unpaired) electrons. The number of para-hydroxylation sites is 1. The lowest BCUT2D eigenvalue weighted by molar-refractivity contribution is -0.136. The van der Waals surface area contributed by atoms with Gasteiger partial charge in [-0.1, -0.05) is 42.5 Å². The molecule has 1 N–H and O–H groups in total. The van der Waals surface area contributed by atoms with E-state index in [1.807, 2.05) is 68.4 Å². The first kappa shape index (κ1) is 30.3. The van der Waals surface area contributed by atoms with Crippen LogP contribution in [0.5, 0.6) is 0 Å². The molecule has 3 aliphatic rings. The SMILES string of the molecule is Cc1cc(/C=C2\SC(=O)N(CC(=O)N3CCc4ccccc4C3)C2=O)c(C)n1-c1sc2c(c1C(=O)Nc1ccccc1)CCCC2. The Morgan fingerprint density at radius 1 is 0.935 bits per heavy atom. The Bertz CT molecular complexity index is 1920. The molecule has 7 rings (SSSR count). The minimum atomic E-state index is -0.458. The number of thioether (sulfide) groups is 1. The number of amides is 4. The van der Waals surface area contributed by atoms with Crippen LogP contribution in [0.3, 0.4) is 0 Å². The molecular weight excluding hydrogens is 617 g/mol. The van der Waals surface area contributed by atoms with E-state index in [0.29, 0.717) is 18.7 Å². The molecule has 0 spiro atoms. The van der Waals surface area contributed by atoms with E-state index < -0.39 is 11.1 Å². The largest absolute Gasteiger partial charge is 0.336 e. The van der Waals surface area contributed by atoms with Gasteiger partial charge in [-0.05, 0) is 104 Å². The molecule has 0 saturated carbocycles. The molecule has 0 unspecified atom stereocenters. The van der Waals surface area contributed by atoms with Gasteiger partial charge in [-0.2, -0.15) is 0 Å². The van der Waals surface area contributed by atoms with E-state index in [1.165, 1.54) is 10.4 Å². The van der Waals surface area contributed by atoms with Gasteiger partial charge in [0.1, 0.15) is 11.5 Å². The van der Waals surface area contributed by atoms with E-state index in [1.54, 1.807) is 22.3 Å². The van der Waals surface area contributed by atoms with Gasteiger partial charge in [0.25, 0.3) is 17.1 Å². The lowest BCUT2D eigenvalue weighted by atomic mass is 9.95. The van der Waals surface area contributed by atoms with Crippen molar-refractivity contribution in [2.24, 2.45) is 0 Å². The van der Waals surface area contributed by atoms with E-state index in [2.05, 4.69) is 16.0 Å². The van der Waals surface area contributed by atoms with Gasteiger partial charge in [0, 0.05) is 35.0 Å². The van der Waals surface area contributed by atoms with Crippen molar-refractivity contribution in [2.45, 2.75) is 52.5 Å². The maximum Gasteiger partial charge on any atom is 0.294 e. The van der Waals surface area contributed by atoms with Gasteiger partial charge >= 0.3 is 0 Å². The van der Waals surface area contributed by atoms with E-state index in [9.17, 15) is 19.2 Å². The molecule has 4 heterocycles. The second kappa shape index (κ2) is 12.4. The summed E-state index contributed by atoms with van der Waals surface area (Å²) in [7, 11) is 0. The number of thiophene rings is 1. The summed E-state index contributed by atoms with van der Waals surface area (Å²) in [5, 5.41) is 3.52. The van der Waals surface area contributed by atoms with Crippen LogP contribution >= 0.6 is 23.1 Å². The maximum absolute atomic E-state index is 13.8. The Balaban J connectivity index is 1.14. The molecule has 2 aliphatic heterocycles. The summed E-state index contributed by atoms with van der Waals surface area (Å²) in [5.41, 5.74) is 7.49. The van der Waals surface area contributed by atoms with Gasteiger partial charge in [-0.15, -0.1) is 11.3 Å². The highest BCUT2D eigenvalue weighted by atomic mass is 32.2. The smallest absolute Gasteiger partial charge is 0.294 e. The number of nitrogens with one attached hydrogen (secondary N) is 1. The van der Waals surface area contributed by atoms with Crippen LogP contribution in [0, 0.1) is 13.8 Å². The zero-order valence-electron chi connectivity index (χ0n) is 25.8. The zero-order chi connectivity index (χ0) is 31.9. The highest BCUT2D eigenvalue weighted by Gasteiger charge is 2.38. The number of imide groups is 1. The average molecular weight is 651 g/mol. The molecule has 2 aromatic heterocycles. The van der Waals surface area contributed by atoms with Crippen LogP contribution in [-0.4, -0.2) is 50.4 Å². The zero-order valence-corrected chi connectivity index (χ0v) is 27.4. The van der Waals surface area contributed by atoms with Gasteiger partial charge in [0.15, 0.2) is 0 Å². The van der Waals surface area contributed by atoms with Crippen LogP contribution < -0.4 is 5.32 Å². The number of anilines is 1. The fourth-order valence-corrected chi connectivity index (χ4v) is 8.95. The second-order valence-electron chi connectivity index (χ2n) is 12.0. The third kappa shape index (κ3) is 5.60. The monoisotopic (exact) mass is 650 g/mol. The number of hydrogen-bond donors (Lipinski definition) is 1. The molecule has 4 amide bonds. The highest BCUT2D eigenvalue weighted by molar-refractivity contribution is 8.18. The molecule has 0 bridgehead atoms. The van der Waals surface area contributed by atoms with Gasteiger partial charge in [0.05, 0.1) is 10.5 Å². The number of rotatable bonds is 6. The molecule has 8 nitrogen and oxygen atoms in total. The number of nitrogens with zero attached hydrogens (tertiary/aromatic N) is 3. The summed E-state index contributed by atoms with van der Waals surface area (Å²) < 4.78 is 2.09. The summed E-state index contributed by atoms with van der Waals surface area (Å²) >= 11 is 2.52. The van der Waals surface area contributed by atoms with Crippen molar-refractivity contribution in [3.63, 3.8) is 0 Å². The predicted octanol–water partition coefficient (Wildman–Crippen LogP) is 6.91. The van der Waals surface area contributed by atoms with Crippen molar-refractivity contribution in [2.75, 3.05) is 18.4 Å². The minimum absolute atomic E-state index is 0.127. The van der Waals surface area contributed by atoms with Crippen molar-refractivity contribution in [3.8, 4) is 5.00 Å². The lowest BCUT2D eigenvalue weighted by Gasteiger charge is -2.29. The van der Waals surface area contributed by atoms with Crippen molar-refractivity contribution in [1.29, 1.82) is 0 Å². The highest BCUT2D eigenvalue weighted by Crippen LogP contribution is 2.40. The van der Waals surface area contributed by atoms with Crippen LogP contribution in [-0.2, 0) is 35.4 Å². The van der Waals surface area contributed by atoms with Crippen LogP contribution in [0.2, 0.25) is 0 Å². The maximum atomic E-state index is 13.8. The molecule has 1 fully saturated rings. The number of aromatic nitrogens is 1. The first-order valence-corrected chi connectivity index (χ1v) is 17.2. The molecule has 46 heavy (non-hydrogen) atoms. The standard InChI is InChI=1S/C36H34N4O4S2/c1-22-18-26(19-30-34(43)39(36(44)46-30)21-31(41)38-17-16-24-10-6-7-11-25(24)20-38)23(2)40(22)35-32(28-14-8-9-15-29(28)45-35)33(42)37-27-12-4-3-5-13-27/h3-7,10-13,18-19H,8-9,14-17,20-21H2,1-2H3,(H,37,42)/b30-19-. The summed E-state index contributed by atoms with van der Waals surface area (Å²) in [6.07, 6.45) is 6.46. The predicted molar refractivity (Wildman–Crippen MR) is 182 cm³/mol. The van der Waals surface area contributed by atoms with Crippen molar-refractivity contribution in [3.05, 3.63) is 110 Å². The minimum Gasteiger partial charge on any atom is -0.336 e. The molecule has 0 atom stereocenters. The Kier molecular flexibility index (Phi) is 8.16. The van der Waals surface area contributed by atoms with Crippen molar-refractivity contribution < 1.29 is 19.2 Å². The van der Waals surface area contributed by atoms with E-state index in [-0.39, 0.29) is 23.3 Å². The molecule has 1 aliphatic carbocycles. The number of aryl methyl sites for hydroxylation is 2. The number of fused-ring (bicyclic) bond motifs is 2. The third-order valence-corrected chi connectivity index (χ3v) is 11.2. The van der Waals surface area contributed by atoms with Crippen molar-refractivity contribution >= 4 is 57.8 Å².